The molecule has 3 aromatic carbocycles. The molecule has 18 heteroatoms. The molecule has 3 saturated heterocycles. The standard InChI is InChI=1S/C48H56BrFN11O4P/c1-6-31-26-38(54-48-51-28-35(49)46(56-48)53-37-11-10-36-33(9-7-29(2)52-36)44(37)66(4,5)64)42(65-3)27-41(31)60-19-16-32(17-20-60)59-23-21-58(22-24-59)18-15-30-8-12-39-34(25-30)45(50)57-61(39)40-13-14-43(62)55-47(40)63/h7-12,25-28,32,40H,6,13-24H2,1-5H3,(H,55,62,63)(H2,51,53,54,56). The average Bonchev–Trinajstić information content (AvgIpc) is 3.63. The summed E-state index contributed by atoms with van der Waals surface area (Å²) < 4.78 is 36.7. The van der Waals surface area contributed by atoms with Crippen LogP contribution < -0.4 is 30.9 Å². The van der Waals surface area contributed by atoms with Gasteiger partial charge in [-0.3, -0.25) is 24.8 Å². The SMILES string of the molecule is CCc1cc(Nc2ncc(Br)c(Nc3ccc4nc(C)ccc4c3P(C)(C)=O)n2)c(OC)cc1N1CCC(N2CCN(CCc3ccc4c(c3)c(F)nn4C3CCC(=O)NC3=O)CC2)CC1. The van der Waals surface area contributed by atoms with Crippen LogP contribution in [-0.2, 0) is 27.0 Å². The number of piperazine rings is 1. The van der Waals surface area contributed by atoms with E-state index in [0.29, 0.717) is 51.0 Å². The summed E-state index contributed by atoms with van der Waals surface area (Å²) in [4.78, 5) is 45.8. The van der Waals surface area contributed by atoms with E-state index in [9.17, 15) is 14.2 Å². The first kappa shape index (κ1) is 45.7. The van der Waals surface area contributed by atoms with Crippen molar-refractivity contribution in [1.82, 2.24) is 39.8 Å². The average molecular weight is 981 g/mol. The molecule has 66 heavy (non-hydrogen) atoms. The number of carbonyl (C=O) groups excluding carboxylic acids is 2. The fourth-order valence-electron chi connectivity index (χ4n) is 9.76. The maximum Gasteiger partial charge on any atom is 0.251 e. The van der Waals surface area contributed by atoms with Gasteiger partial charge in [0.25, 0.3) is 5.91 Å². The van der Waals surface area contributed by atoms with Crippen molar-refractivity contribution in [2.75, 3.05) is 81.8 Å². The molecule has 1 unspecified atom stereocenters. The summed E-state index contributed by atoms with van der Waals surface area (Å²) in [5.74, 6) is 0.270. The summed E-state index contributed by atoms with van der Waals surface area (Å²) in [5, 5.41) is 15.2. The van der Waals surface area contributed by atoms with Gasteiger partial charge in [0, 0.05) is 92.6 Å². The van der Waals surface area contributed by atoms with Gasteiger partial charge in [-0.2, -0.15) is 9.37 Å². The molecule has 2 amide bonds. The van der Waals surface area contributed by atoms with Crippen LogP contribution in [0.3, 0.4) is 0 Å². The quantitative estimate of drug-likeness (QED) is 0.0764. The highest BCUT2D eigenvalue weighted by Crippen LogP contribution is 2.42. The number of carbonyl (C=O) groups is 2. The second-order valence-electron chi connectivity index (χ2n) is 17.9. The minimum absolute atomic E-state index is 0.208. The Labute approximate surface area is 392 Å². The predicted molar refractivity (Wildman–Crippen MR) is 262 cm³/mol. The number of hydrogen-bond donors (Lipinski definition) is 3. The van der Waals surface area contributed by atoms with E-state index in [1.54, 1.807) is 26.6 Å². The zero-order valence-electron chi connectivity index (χ0n) is 38.0. The Hall–Kier alpha value is -5.48. The Bertz CT molecular complexity index is 2870. The Morgan fingerprint density at radius 1 is 0.924 bits per heavy atom. The first-order valence-corrected chi connectivity index (χ1v) is 26.1. The summed E-state index contributed by atoms with van der Waals surface area (Å²) in [5.41, 5.74) is 7.15. The van der Waals surface area contributed by atoms with Crippen molar-refractivity contribution in [2.24, 2.45) is 0 Å². The van der Waals surface area contributed by atoms with Crippen molar-refractivity contribution in [3.63, 3.8) is 0 Å². The molecule has 346 valence electrons. The number of ether oxygens (including phenoxy) is 1. The van der Waals surface area contributed by atoms with Crippen molar-refractivity contribution >= 4 is 90.8 Å². The predicted octanol–water partition coefficient (Wildman–Crippen LogP) is 7.70. The number of halogens is 2. The lowest BCUT2D eigenvalue weighted by Crippen LogP contribution is -2.53. The van der Waals surface area contributed by atoms with Gasteiger partial charge in [-0.25, -0.2) is 9.67 Å². The van der Waals surface area contributed by atoms with Gasteiger partial charge >= 0.3 is 0 Å². The molecule has 0 radical (unpaired) electrons. The van der Waals surface area contributed by atoms with Crippen LogP contribution in [0.5, 0.6) is 5.75 Å². The number of piperidine rings is 2. The highest BCUT2D eigenvalue weighted by atomic mass is 79.9. The van der Waals surface area contributed by atoms with Crippen LogP contribution in [0.15, 0.2) is 65.3 Å². The third-order valence-electron chi connectivity index (χ3n) is 13.2. The number of anilines is 5. The molecular formula is C48H56BrFN11O4P. The normalized spacial score (nSPS) is 18.0. The summed E-state index contributed by atoms with van der Waals surface area (Å²) in [6, 6.07) is 17.5. The van der Waals surface area contributed by atoms with E-state index < -0.39 is 25.0 Å². The van der Waals surface area contributed by atoms with Gasteiger partial charge in [0.2, 0.25) is 17.8 Å². The monoisotopic (exact) mass is 979 g/mol. The molecule has 0 aliphatic carbocycles. The fraction of sp³-hybridized carbons (Fsp3) is 0.417. The number of rotatable bonds is 13. The van der Waals surface area contributed by atoms with Crippen molar-refractivity contribution in [3.8, 4) is 5.75 Å². The van der Waals surface area contributed by atoms with Gasteiger partial charge in [-0.15, -0.1) is 5.10 Å². The van der Waals surface area contributed by atoms with Gasteiger partial charge in [0.1, 0.15) is 24.8 Å². The summed E-state index contributed by atoms with van der Waals surface area (Å²) in [7, 11) is -1.05. The highest BCUT2D eigenvalue weighted by Gasteiger charge is 2.32. The number of hydrogen-bond acceptors (Lipinski definition) is 13. The molecule has 0 saturated carbocycles. The molecule has 6 heterocycles. The van der Waals surface area contributed by atoms with Crippen LogP contribution in [0.4, 0.5) is 33.2 Å². The van der Waals surface area contributed by atoms with E-state index in [2.05, 4.69) is 80.7 Å². The zero-order valence-corrected chi connectivity index (χ0v) is 40.5. The lowest BCUT2D eigenvalue weighted by molar-refractivity contribution is -0.135. The van der Waals surface area contributed by atoms with Crippen molar-refractivity contribution in [1.29, 1.82) is 0 Å². The number of benzene rings is 3. The van der Waals surface area contributed by atoms with E-state index in [-0.39, 0.29) is 12.3 Å². The molecule has 15 nitrogen and oxygen atoms in total. The third kappa shape index (κ3) is 9.53. The number of aryl methyl sites for hydroxylation is 2. The van der Waals surface area contributed by atoms with Crippen molar-refractivity contribution in [2.45, 2.75) is 64.5 Å². The molecule has 0 bridgehead atoms. The first-order chi connectivity index (χ1) is 31.8. The maximum absolute atomic E-state index is 15.0. The highest BCUT2D eigenvalue weighted by molar-refractivity contribution is 9.10. The van der Waals surface area contributed by atoms with Crippen molar-refractivity contribution in [3.05, 3.63) is 88.0 Å². The molecule has 0 spiro atoms. The summed E-state index contributed by atoms with van der Waals surface area (Å²) >= 11 is 3.62. The maximum atomic E-state index is 15.0. The Kier molecular flexibility index (Phi) is 13.2. The largest absolute Gasteiger partial charge is 0.494 e. The van der Waals surface area contributed by atoms with Gasteiger partial charge in [0.05, 0.1) is 39.4 Å². The number of nitrogens with zero attached hydrogens (tertiary/aromatic N) is 8. The van der Waals surface area contributed by atoms with Gasteiger partial charge in [0.15, 0.2) is 0 Å². The van der Waals surface area contributed by atoms with Crippen LogP contribution in [0.2, 0.25) is 0 Å². The lowest BCUT2D eigenvalue weighted by atomic mass is 9.99. The molecule has 6 aromatic rings. The van der Waals surface area contributed by atoms with Crippen LogP contribution >= 0.6 is 23.1 Å². The summed E-state index contributed by atoms with van der Waals surface area (Å²) in [6.45, 7) is 14.4. The molecule has 3 aliphatic rings. The van der Waals surface area contributed by atoms with Gasteiger partial charge in [-0.1, -0.05) is 19.1 Å². The second-order valence-corrected chi connectivity index (χ2v) is 21.9. The lowest BCUT2D eigenvalue weighted by Gasteiger charge is -2.43. The number of nitrogens with one attached hydrogen (secondary N) is 3. The Morgan fingerprint density at radius 3 is 2.44 bits per heavy atom. The zero-order chi connectivity index (χ0) is 46.3. The van der Waals surface area contributed by atoms with Crippen LogP contribution in [0.1, 0.15) is 55.5 Å². The number of fused-ring (bicyclic) bond motifs is 2. The number of amides is 2. The van der Waals surface area contributed by atoms with Crippen LogP contribution in [0, 0.1) is 12.9 Å². The van der Waals surface area contributed by atoms with Crippen LogP contribution in [-0.4, -0.2) is 119 Å². The Morgan fingerprint density at radius 2 is 1.71 bits per heavy atom. The molecule has 1 atom stereocenters. The smallest absolute Gasteiger partial charge is 0.251 e. The fourth-order valence-corrected chi connectivity index (χ4v) is 11.5. The summed E-state index contributed by atoms with van der Waals surface area (Å²) in [6.07, 6.45) is 5.99. The molecule has 3 aromatic heterocycles. The first-order valence-electron chi connectivity index (χ1n) is 22.7. The molecular weight excluding hydrogens is 924 g/mol. The van der Waals surface area contributed by atoms with Crippen LogP contribution in [0.25, 0.3) is 21.8 Å². The number of pyridine rings is 1. The minimum Gasteiger partial charge on any atom is -0.494 e. The Balaban J connectivity index is 0.802. The molecule has 9 rings (SSSR count). The molecule has 3 fully saturated rings. The van der Waals surface area contributed by atoms with Gasteiger partial charge < -0.3 is 29.7 Å². The molecule has 3 aliphatic heterocycles. The van der Waals surface area contributed by atoms with E-state index in [4.69, 9.17) is 9.72 Å². The minimum atomic E-state index is -2.73. The number of aromatic nitrogens is 5. The second kappa shape index (κ2) is 19.0. The van der Waals surface area contributed by atoms with Crippen molar-refractivity contribution < 1.29 is 23.3 Å². The van der Waals surface area contributed by atoms with E-state index in [1.165, 1.54) is 15.9 Å². The number of methoxy groups -OCH3 is 1. The number of imide groups is 1. The van der Waals surface area contributed by atoms with Gasteiger partial charge in [-0.05, 0) is 116 Å². The molecule has 3 N–H and O–H groups in total. The van der Waals surface area contributed by atoms with E-state index >= 15 is 4.39 Å². The van der Waals surface area contributed by atoms with E-state index in [0.717, 1.165) is 105 Å². The third-order valence-corrected chi connectivity index (χ3v) is 15.4. The van der Waals surface area contributed by atoms with E-state index in [1.807, 2.05) is 49.4 Å². The topological polar surface area (TPSA) is 163 Å².